The maximum atomic E-state index is 13.1. The average molecular weight is 405 g/mol. The molecule has 30 heavy (non-hydrogen) atoms. The Hall–Kier alpha value is -4.19. The molecule has 1 aromatic heterocycles. The van der Waals surface area contributed by atoms with Gasteiger partial charge in [0.1, 0.15) is 5.75 Å². The number of amides is 1. The van der Waals surface area contributed by atoms with Crippen LogP contribution in [0.4, 0.5) is 11.4 Å². The Morgan fingerprint density at radius 3 is 2.53 bits per heavy atom. The number of nitrogens with zero attached hydrogens (tertiary/aromatic N) is 5. The number of nitro benzene ring substituents is 1. The summed E-state index contributed by atoms with van der Waals surface area (Å²) >= 11 is 0. The summed E-state index contributed by atoms with van der Waals surface area (Å²) < 4.78 is 6.90. The molecule has 0 saturated carbocycles. The fraction of sp³-hybridized carbons (Fsp3) is 0.190. The highest BCUT2D eigenvalue weighted by Crippen LogP contribution is 2.22. The normalized spacial score (nSPS) is 10.3. The molecule has 1 amide bonds. The zero-order valence-electron chi connectivity index (χ0n) is 16.3. The number of ether oxygens (including phenoxy) is 1. The number of non-ortho nitro benzene ring substituents is 1. The van der Waals surface area contributed by atoms with E-state index in [1.54, 1.807) is 42.6 Å². The van der Waals surface area contributed by atoms with Crippen LogP contribution in [0.3, 0.4) is 0 Å². The average Bonchev–Trinajstić information content (AvgIpc) is 3.25. The molecular formula is C21H19N5O4. The maximum Gasteiger partial charge on any atom is 0.269 e. The van der Waals surface area contributed by atoms with Crippen molar-refractivity contribution < 1.29 is 14.5 Å². The molecule has 9 nitrogen and oxygen atoms in total. The predicted octanol–water partition coefficient (Wildman–Crippen LogP) is 3.74. The highest BCUT2D eigenvalue weighted by molar-refractivity contribution is 6.05. The van der Waals surface area contributed by atoms with Crippen molar-refractivity contribution in [1.82, 2.24) is 9.78 Å². The van der Waals surface area contributed by atoms with Gasteiger partial charge in [-0.05, 0) is 43.3 Å². The van der Waals surface area contributed by atoms with Crippen LogP contribution in [0.25, 0.3) is 5.69 Å². The molecule has 0 N–H and O–H groups in total. The Kier molecular flexibility index (Phi) is 6.39. The topological polar surface area (TPSA) is 114 Å². The van der Waals surface area contributed by atoms with E-state index < -0.39 is 4.92 Å². The minimum atomic E-state index is -0.480. The molecule has 9 heteroatoms. The molecule has 0 saturated heterocycles. The van der Waals surface area contributed by atoms with E-state index >= 15 is 0 Å². The molecule has 0 bridgehead atoms. The summed E-state index contributed by atoms with van der Waals surface area (Å²) in [7, 11) is 0. The zero-order valence-corrected chi connectivity index (χ0v) is 16.3. The van der Waals surface area contributed by atoms with Gasteiger partial charge in [-0.1, -0.05) is 0 Å². The minimum absolute atomic E-state index is 0.0274. The van der Waals surface area contributed by atoms with Crippen LogP contribution in [0, 0.1) is 21.4 Å². The molecular weight excluding hydrogens is 386 g/mol. The molecule has 0 radical (unpaired) electrons. The fourth-order valence-electron chi connectivity index (χ4n) is 2.86. The minimum Gasteiger partial charge on any atom is -0.494 e. The number of nitro groups is 1. The van der Waals surface area contributed by atoms with Gasteiger partial charge in [-0.2, -0.15) is 10.4 Å². The summed E-state index contributed by atoms with van der Waals surface area (Å²) in [6, 6.07) is 15.0. The molecule has 0 aliphatic rings. The lowest BCUT2D eigenvalue weighted by molar-refractivity contribution is -0.384. The monoisotopic (exact) mass is 405 g/mol. The van der Waals surface area contributed by atoms with Gasteiger partial charge < -0.3 is 9.64 Å². The van der Waals surface area contributed by atoms with Crippen molar-refractivity contribution >= 4 is 17.3 Å². The first-order chi connectivity index (χ1) is 14.5. The van der Waals surface area contributed by atoms with Crippen LogP contribution < -0.4 is 9.64 Å². The highest BCUT2D eigenvalue weighted by atomic mass is 16.6. The molecule has 0 aliphatic carbocycles. The third-order valence-electron chi connectivity index (χ3n) is 4.31. The van der Waals surface area contributed by atoms with E-state index in [0.29, 0.717) is 29.3 Å². The van der Waals surface area contributed by atoms with Gasteiger partial charge in [0.15, 0.2) is 0 Å². The molecule has 0 fully saturated rings. The van der Waals surface area contributed by atoms with Gasteiger partial charge in [0.2, 0.25) is 0 Å². The Balaban J connectivity index is 1.84. The fourth-order valence-corrected chi connectivity index (χ4v) is 2.86. The second kappa shape index (κ2) is 9.34. The number of hydrogen-bond acceptors (Lipinski definition) is 6. The van der Waals surface area contributed by atoms with Crippen LogP contribution in [0.1, 0.15) is 23.7 Å². The van der Waals surface area contributed by atoms with Crippen LogP contribution in [-0.2, 0) is 0 Å². The lowest BCUT2D eigenvalue weighted by Gasteiger charge is -2.21. The van der Waals surface area contributed by atoms with Crippen molar-refractivity contribution in [2.75, 3.05) is 18.1 Å². The van der Waals surface area contributed by atoms with E-state index in [2.05, 4.69) is 11.2 Å². The zero-order chi connectivity index (χ0) is 21.5. The van der Waals surface area contributed by atoms with Crippen molar-refractivity contribution in [2.24, 2.45) is 0 Å². The smallest absolute Gasteiger partial charge is 0.269 e. The summed E-state index contributed by atoms with van der Waals surface area (Å²) in [6.07, 6.45) is 3.16. The molecule has 0 aliphatic heterocycles. The number of carbonyl (C=O) groups excluding carboxylic acids is 1. The molecule has 1 heterocycles. The Labute approximate surface area is 172 Å². The van der Waals surface area contributed by atoms with Crippen LogP contribution >= 0.6 is 0 Å². The lowest BCUT2D eigenvalue weighted by Crippen LogP contribution is -2.31. The van der Waals surface area contributed by atoms with E-state index in [-0.39, 0.29) is 24.6 Å². The van der Waals surface area contributed by atoms with Crippen molar-refractivity contribution in [3.63, 3.8) is 0 Å². The summed E-state index contributed by atoms with van der Waals surface area (Å²) in [5.74, 6) is 0.391. The number of aromatic nitrogens is 2. The van der Waals surface area contributed by atoms with E-state index in [4.69, 9.17) is 10.00 Å². The third kappa shape index (κ3) is 4.62. The SMILES string of the molecule is CCOc1ccc(N(CCC#N)C(=O)c2cnn(-c3ccc([N+](=O)[O-])cc3)c2)cc1. The number of benzene rings is 2. The number of hydrogen-bond donors (Lipinski definition) is 0. The van der Waals surface area contributed by atoms with Gasteiger partial charge in [-0.15, -0.1) is 0 Å². The largest absolute Gasteiger partial charge is 0.494 e. The second-order valence-corrected chi connectivity index (χ2v) is 6.24. The number of rotatable bonds is 8. The molecule has 0 atom stereocenters. The van der Waals surface area contributed by atoms with Crippen LogP contribution in [0.2, 0.25) is 0 Å². The Morgan fingerprint density at radius 1 is 1.23 bits per heavy atom. The first-order valence-electron chi connectivity index (χ1n) is 9.24. The maximum absolute atomic E-state index is 13.1. The summed E-state index contributed by atoms with van der Waals surface area (Å²) in [6.45, 7) is 2.66. The van der Waals surface area contributed by atoms with Crippen molar-refractivity contribution in [2.45, 2.75) is 13.3 Å². The molecule has 2 aromatic carbocycles. The van der Waals surface area contributed by atoms with E-state index in [1.165, 1.54) is 27.9 Å². The van der Waals surface area contributed by atoms with Gasteiger partial charge in [0.05, 0.1) is 41.5 Å². The summed E-state index contributed by atoms with van der Waals surface area (Å²) in [5, 5.41) is 24.0. The lowest BCUT2D eigenvalue weighted by atomic mass is 10.2. The van der Waals surface area contributed by atoms with Gasteiger partial charge in [0, 0.05) is 30.6 Å². The van der Waals surface area contributed by atoms with Crippen molar-refractivity contribution in [3.05, 3.63) is 76.6 Å². The van der Waals surface area contributed by atoms with Gasteiger partial charge in [-0.25, -0.2) is 4.68 Å². The second-order valence-electron chi connectivity index (χ2n) is 6.24. The van der Waals surface area contributed by atoms with Crippen molar-refractivity contribution in [1.29, 1.82) is 5.26 Å². The van der Waals surface area contributed by atoms with Crippen LogP contribution in [0.5, 0.6) is 5.75 Å². The molecule has 0 unspecified atom stereocenters. The molecule has 3 rings (SSSR count). The Bertz CT molecular complexity index is 1070. The number of carbonyl (C=O) groups is 1. The van der Waals surface area contributed by atoms with Crippen LogP contribution in [-0.4, -0.2) is 33.8 Å². The van der Waals surface area contributed by atoms with E-state index in [0.717, 1.165) is 0 Å². The van der Waals surface area contributed by atoms with Gasteiger partial charge in [-0.3, -0.25) is 14.9 Å². The molecule has 0 spiro atoms. The van der Waals surface area contributed by atoms with E-state index in [9.17, 15) is 14.9 Å². The third-order valence-corrected chi connectivity index (χ3v) is 4.31. The quantitative estimate of drug-likeness (QED) is 0.416. The molecule has 3 aromatic rings. The first-order valence-corrected chi connectivity index (χ1v) is 9.24. The van der Waals surface area contributed by atoms with Gasteiger partial charge >= 0.3 is 0 Å². The summed E-state index contributed by atoms with van der Waals surface area (Å²) in [4.78, 5) is 24.9. The Morgan fingerprint density at radius 2 is 1.93 bits per heavy atom. The standard InChI is InChI=1S/C21H19N5O4/c1-2-30-20-10-8-17(9-11-20)24(13-3-12-22)21(27)16-14-23-25(15-16)18-4-6-19(7-5-18)26(28)29/h4-11,14-15H,2-3,13H2,1H3. The molecule has 152 valence electrons. The van der Waals surface area contributed by atoms with Crippen molar-refractivity contribution in [3.8, 4) is 17.5 Å². The number of anilines is 1. The number of nitriles is 1. The summed E-state index contributed by atoms with van der Waals surface area (Å²) in [5.41, 5.74) is 1.53. The predicted molar refractivity (Wildman–Crippen MR) is 110 cm³/mol. The van der Waals surface area contributed by atoms with E-state index in [1.807, 2.05) is 6.92 Å². The highest BCUT2D eigenvalue weighted by Gasteiger charge is 2.20. The van der Waals surface area contributed by atoms with Gasteiger partial charge in [0.25, 0.3) is 11.6 Å². The first kappa shape index (κ1) is 20.5. The van der Waals surface area contributed by atoms with Crippen LogP contribution in [0.15, 0.2) is 60.9 Å².